The quantitative estimate of drug-likeness (QED) is 0.858. The van der Waals surface area contributed by atoms with Gasteiger partial charge in [-0.2, -0.15) is 13.2 Å². The van der Waals surface area contributed by atoms with Gasteiger partial charge in [-0.25, -0.2) is 0 Å². The van der Waals surface area contributed by atoms with Gasteiger partial charge in [-0.3, -0.25) is 9.80 Å². The number of β-amino-alcohol motifs (C(OH)–C–C–N with tert-alkyl or cyclic N) is 1. The maximum atomic E-state index is 13.1. The van der Waals surface area contributed by atoms with E-state index < -0.39 is 17.8 Å². The highest BCUT2D eigenvalue weighted by atomic mass is 19.4. The lowest BCUT2D eigenvalue weighted by Gasteiger charge is -2.40. The average molecular weight is 346 g/mol. The van der Waals surface area contributed by atoms with Crippen LogP contribution in [-0.2, 0) is 10.9 Å². The zero-order valence-corrected chi connectivity index (χ0v) is 14.1. The Balaban J connectivity index is 1.98. The number of hydrogen-bond acceptors (Lipinski definition) is 4. The Kier molecular flexibility index (Phi) is 6.62. The Hall–Kier alpha value is -1.15. The van der Waals surface area contributed by atoms with Crippen LogP contribution in [0.5, 0.6) is 0 Å². The van der Waals surface area contributed by atoms with Gasteiger partial charge in [-0.1, -0.05) is 18.2 Å². The van der Waals surface area contributed by atoms with E-state index in [1.165, 1.54) is 18.2 Å². The minimum absolute atomic E-state index is 0.0561. The summed E-state index contributed by atoms with van der Waals surface area (Å²) in [6, 6.07) is 5.52. The fraction of sp³-hybridized carbons (Fsp3) is 0.647. The van der Waals surface area contributed by atoms with E-state index in [2.05, 4.69) is 11.8 Å². The number of nitrogens with zero attached hydrogens (tertiary/aromatic N) is 2. The Bertz CT molecular complexity index is 525. The number of aliphatic hydroxyl groups is 1. The Morgan fingerprint density at radius 1 is 1.29 bits per heavy atom. The summed E-state index contributed by atoms with van der Waals surface area (Å²) in [5.41, 5.74) is -0.816. The second kappa shape index (κ2) is 8.29. The molecule has 1 aliphatic rings. The van der Waals surface area contributed by atoms with E-state index in [0.717, 1.165) is 32.2 Å². The molecule has 0 aliphatic carbocycles. The van der Waals surface area contributed by atoms with E-state index in [1.54, 1.807) is 7.11 Å². The molecular weight excluding hydrogens is 321 g/mol. The van der Waals surface area contributed by atoms with Gasteiger partial charge >= 0.3 is 6.18 Å². The molecular formula is C17H25F3N2O2. The summed E-state index contributed by atoms with van der Waals surface area (Å²) in [6.07, 6.45) is -5.61. The Morgan fingerprint density at radius 2 is 2.00 bits per heavy atom. The van der Waals surface area contributed by atoms with Crippen molar-refractivity contribution in [3.05, 3.63) is 35.4 Å². The first-order valence-corrected chi connectivity index (χ1v) is 8.12. The third-order valence-electron chi connectivity index (χ3n) is 4.49. The number of rotatable bonds is 6. The second-order valence-corrected chi connectivity index (χ2v) is 6.24. The molecule has 1 saturated heterocycles. The number of piperazine rings is 1. The van der Waals surface area contributed by atoms with Gasteiger partial charge in [0.15, 0.2) is 0 Å². The summed E-state index contributed by atoms with van der Waals surface area (Å²) < 4.78 is 44.3. The molecule has 136 valence electrons. The molecule has 0 aromatic heterocycles. The molecule has 1 N–H and O–H groups in total. The van der Waals surface area contributed by atoms with Crippen LogP contribution in [0.2, 0.25) is 0 Å². The van der Waals surface area contributed by atoms with Gasteiger partial charge in [0.05, 0.1) is 18.3 Å². The topological polar surface area (TPSA) is 35.9 Å². The largest absolute Gasteiger partial charge is 0.416 e. The van der Waals surface area contributed by atoms with Crippen LogP contribution in [0.3, 0.4) is 0 Å². The van der Waals surface area contributed by atoms with E-state index >= 15 is 0 Å². The van der Waals surface area contributed by atoms with Crippen molar-refractivity contribution in [2.75, 3.05) is 46.4 Å². The lowest BCUT2D eigenvalue weighted by Crippen LogP contribution is -2.53. The standard InChI is InChI=1S/C17H25F3N2O2/c1-13-11-21(7-8-22(13)9-10-24-2)12-16(23)14-5-3-4-6-15(14)17(18,19)20/h3-6,13,16,23H,7-12H2,1-2H3/t13-,16+/m0/s1. The maximum Gasteiger partial charge on any atom is 0.416 e. The van der Waals surface area contributed by atoms with Crippen LogP contribution in [0.25, 0.3) is 0 Å². The number of alkyl halides is 3. The van der Waals surface area contributed by atoms with Gasteiger partial charge in [0, 0.05) is 45.9 Å². The van der Waals surface area contributed by atoms with Crippen LogP contribution < -0.4 is 0 Å². The number of halogens is 3. The Labute approximate surface area is 140 Å². The van der Waals surface area contributed by atoms with Crippen LogP contribution >= 0.6 is 0 Å². The van der Waals surface area contributed by atoms with Crippen LogP contribution in [0.15, 0.2) is 24.3 Å². The summed E-state index contributed by atoms with van der Waals surface area (Å²) in [5.74, 6) is 0. The molecule has 0 amide bonds. The second-order valence-electron chi connectivity index (χ2n) is 6.24. The van der Waals surface area contributed by atoms with Crippen molar-refractivity contribution >= 4 is 0 Å². The van der Waals surface area contributed by atoms with Gasteiger partial charge in [-0.05, 0) is 18.6 Å². The third kappa shape index (κ3) is 4.92. The molecule has 0 saturated carbocycles. The molecule has 1 aliphatic heterocycles. The third-order valence-corrected chi connectivity index (χ3v) is 4.49. The number of methoxy groups -OCH3 is 1. The molecule has 1 fully saturated rings. The zero-order valence-electron chi connectivity index (χ0n) is 14.1. The SMILES string of the molecule is COCCN1CCN(C[C@@H](O)c2ccccc2C(F)(F)F)C[C@@H]1C. The van der Waals surface area contributed by atoms with Crippen molar-refractivity contribution in [1.82, 2.24) is 9.80 Å². The zero-order chi connectivity index (χ0) is 17.7. The van der Waals surface area contributed by atoms with Crippen molar-refractivity contribution in [3.8, 4) is 0 Å². The van der Waals surface area contributed by atoms with Gasteiger partial charge in [0.1, 0.15) is 0 Å². The maximum absolute atomic E-state index is 13.1. The van der Waals surface area contributed by atoms with Gasteiger partial charge in [0.2, 0.25) is 0 Å². The molecule has 0 unspecified atom stereocenters. The number of benzene rings is 1. The molecule has 0 spiro atoms. The summed E-state index contributed by atoms with van der Waals surface area (Å²) in [5, 5.41) is 10.3. The molecule has 1 aromatic carbocycles. The van der Waals surface area contributed by atoms with Crippen LogP contribution in [0, 0.1) is 0 Å². The summed E-state index contributed by atoms with van der Waals surface area (Å²) in [6.45, 7) is 6.04. The van der Waals surface area contributed by atoms with Crippen LogP contribution in [-0.4, -0.2) is 67.4 Å². The predicted molar refractivity (Wildman–Crippen MR) is 85.8 cm³/mol. The molecule has 1 aromatic rings. The average Bonchev–Trinajstić information content (AvgIpc) is 2.53. The lowest BCUT2D eigenvalue weighted by molar-refractivity contribution is -0.139. The fourth-order valence-electron chi connectivity index (χ4n) is 3.17. The Morgan fingerprint density at radius 3 is 2.62 bits per heavy atom. The molecule has 7 heteroatoms. The summed E-state index contributed by atoms with van der Waals surface area (Å²) in [4.78, 5) is 4.31. The highest BCUT2D eigenvalue weighted by molar-refractivity contribution is 5.31. The highest BCUT2D eigenvalue weighted by Gasteiger charge is 2.35. The molecule has 1 heterocycles. The molecule has 0 bridgehead atoms. The van der Waals surface area contributed by atoms with E-state index in [9.17, 15) is 18.3 Å². The van der Waals surface area contributed by atoms with E-state index in [0.29, 0.717) is 6.61 Å². The first-order valence-electron chi connectivity index (χ1n) is 8.12. The normalized spacial score (nSPS) is 21.8. The molecule has 0 radical (unpaired) electrons. The monoisotopic (exact) mass is 346 g/mol. The number of ether oxygens (including phenoxy) is 1. The smallest absolute Gasteiger partial charge is 0.387 e. The predicted octanol–water partition coefficient (Wildman–Crippen LogP) is 2.39. The highest BCUT2D eigenvalue weighted by Crippen LogP contribution is 2.34. The van der Waals surface area contributed by atoms with Crippen LogP contribution in [0.1, 0.15) is 24.2 Å². The van der Waals surface area contributed by atoms with Crippen LogP contribution in [0.4, 0.5) is 13.2 Å². The van der Waals surface area contributed by atoms with Crippen molar-refractivity contribution in [2.24, 2.45) is 0 Å². The first-order chi connectivity index (χ1) is 11.3. The summed E-state index contributed by atoms with van der Waals surface area (Å²) >= 11 is 0. The molecule has 4 nitrogen and oxygen atoms in total. The fourth-order valence-corrected chi connectivity index (χ4v) is 3.17. The molecule has 2 atom stereocenters. The lowest BCUT2D eigenvalue weighted by atomic mass is 10.0. The first kappa shape index (κ1) is 19.2. The molecule has 2 rings (SSSR count). The minimum atomic E-state index is -4.45. The van der Waals surface area contributed by atoms with Crippen molar-refractivity contribution in [3.63, 3.8) is 0 Å². The van der Waals surface area contributed by atoms with Crippen molar-refractivity contribution in [2.45, 2.75) is 25.2 Å². The molecule has 24 heavy (non-hydrogen) atoms. The van der Waals surface area contributed by atoms with E-state index in [1.807, 2.05) is 4.90 Å². The number of aliphatic hydroxyl groups excluding tert-OH is 1. The van der Waals surface area contributed by atoms with Gasteiger partial charge < -0.3 is 9.84 Å². The van der Waals surface area contributed by atoms with E-state index in [4.69, 9.17) is 4.74 Å². The number of hydrogen-bond donors (Lipinski definition) is 1. The summed E-state index contributed by atoms with van der Waals surface area (Å²) in [7, 11) is 1.66. The van der Waals surface area contributed by atoms with Gasteiger partial charge in [0.25, 0.3) is 0 Å². The van der Waals surface area contributed by atoms with E-state index in [-0.39, 0.29) is 18.2 Å². The van der Waals surface area contributed by atoms with Crippen molar-refractivity contribution in [1.29, 1.82) is 0 Å². The van der Waals surface area contributed by atoms with Gasteiger partial charge in [-0.15, -0.1) is 0 Å². The minimum Gasteiger partial charge on any atom is -0.387 e. The van der Waals surface area contributed by atoms with Crippen molar-refractivity contribution < 1.29 is 23.0 Å².